The van der Waals surface area contributed by atoms with Crippen LogP contribution in [0.15, 0.2) is 36.4 Å². The second kappa shape index (κ2) is 7.91. The molecule has 3 rings (SSSR count). The van der Waals surface area contributed by atoms with Crippen molar-refractivity contribution in [1.29, 1.82) is 0 Å². The Bertz CT molecular complexity index is 959. The van der Waals surface area contributed by atoms with Crippen molar-refractivity contribution in [1.82, 2.24) is 0 Å². The molecule has 0 atom stereocenters. The van der Waals surface area contributed by atoms with Crippen molar-refractivity contribution in [2.24, 2.45) is 0 Å². The van der Waals surface area contributed by atoms with Gasteiger partial charge in [0.15, 0.2) is 28.8 Å². The van der Waals surface area contributed by atoms with Gasteiger partial charge in [-0.2, -0.15) is 8.78 Å². The number of carbonyl (C=O) groups is 1. The van der Waals surface area contributed by atoms with Crippen molar-refractivity contribution in [3.05, 3.63) is 57.6 Å². The van der Waals surface area contributed by atoms with Crippen molar-refractivity contribution >= 4 is 17.5 Å². The van der Waals surface area contributed by atoms with Crippen LogP contribution in [-0.4, -0.2) is 31.2 Å². The van der Waals surface area contributed by atoms with E-state index < -0.39 is 28.8 Å². The van der Waals surface area contributed by atoms with Gasteiger partial charge < -0.3 is 18.9 Å². The molecule has 0 amide bonds. The van der Waals surface area contributed by atoms with E-state index in [-0.39, 0.29) is 23.7 Å². The van der Waals surface area contributed by atoms with Crippen LogP contribution in [0.3, 0.4) is 0 Å². The molecule has 0 radical (unpaired) electrons. The number of hydrogen-bond acceptors (Lipinski definition) is 7. The Morgan fingerprint density at radius 3 is 2.64 bits per heavy atom. The molecule has 0 spiro atoms. The maximum Gasteiger partial charge on any atom is 0.387 e. The number of nitro benzene ring substituents is 1. The molecule has 0 saturated carbocycles. The molecular formula is C18H13F2NO7. The van der Waals surface area contributed by atoms with Crippen molar-refractivity contribution in [2.75, 3.05) is 13.9 Å². The van der Waals surface area contributed by atoms with E-state index in [2.05, 4.69) is 4.74 Å². The van der Waals surface area contributed by atoms with E-state index >= 15 is 0 Å². The standard InChI is InChI=1S/C18H13F2NO7/c1-25-15-6-10(12(21(23)24)8-17(15)28-18(19)20)2-4-13(22)11-3-5-14-16(7-11)27-9-26-14/h2-8,18H,9H2,1H3/b4-2+. The van der Waals surface area contributed by atoms with Gasteiger partial charge in [0, 0.05) is 5.56 Å². The number of benzene rings is 2. The Hall–Kier alpha value is -3.69. The topological polar surface area (TPSA) is 97.1 Å². The van der Waals surface area contributed by atoms with E-state index in [1.54, 1.807) is 6.07 Å². The summed E-state index contributed by atoms with van der Waals surface area (Å²) in [7, 11) is 1.20. The van der Waals surface area contributed by atoms with Crippen LogP contribution >= 0.6 is 0 Å². The van der Waals surface area contributed by atoms with Gasteiger partial charge in [0.05, 0.1) is 23.7 Å². The third-order valence-electron chi connectivity index (χ3n) is 3.80. The Morgan fingerprint density at radius 1 is 1.21 bits per heavy atom. The highest BCUT2D eigenvalue weighted by molar-refractivity contribution is 6.07. The molecule has 1 aliphatic rings. The zero-order chi connectivity index (χ0) is 20.3. The highest BCUT2D eigenvalue weighted by atomic mass is 19.3. The molecule has 0 N–H and O–H groups in total. The lowest BCUT2D eigenvalue weighted by atomic mass is 10.1. The molecule has 2 aromatic rings. The molecule has 0 aromatic heterocycles. The van der Waals surface area contributed by atoms with Gasteiger partial charge in [0.25, 0.3) is 5.69 Å². The minimum absolute atomic E-state index is 0.0161. The Kier molecular flexibility index (Phi) is 5.39. The predicted octanol–water partition coefficient (Wildman–Crippen LogP) is 3.83. The van der Waals surface area contributed by atoms with Crippen LogP contribution in [0.25, 0.3) is 6.08 Å². The van der Waals surface area contributed by atoms with Crippen molar-refractivity contribution < 1.29 is 37.4 Å². The molecule has 0 fully saturated rings. The third-order valence-corrected chi connectivity index (χ3v) is 3.80. The summed E-state index contributed by atoms with van der Waals surface area (Å²) in [6, 6.07) is 6.54. The van der Waals surface area contributed by atoms with Gasteiger partial charge in [0.2, 0.25) is 6.79 Å². The molecule has 0 aliphatic carbocycles. The zero-order valence-corrected chi connectivity index (χ0v) is 14.4. The van der Waals surface area contributed by atoms with Crippen LogP contribution in [-0.2, 0) is 0 Å². The Morgan fingerprint density at radius 2 is 1.96 bits per heavy atom. The van der Waals surface area contributed by atoms with Crippen molar-refractivity contribution in [2.45, 2.75) is 6.61 Å². The SMILES string of the molecule is COc1cc(/C=C/C(=O)c2ccc3c(c2)OCO3)c([N+](=O)[O-])cc1OC(F)F. The van der Waals surface area contributed by atoms with Crippen LogP contribution < -0.4 is 18.9 Å². The fraction of sp³-hybridized carbons (Fsp3) is 0.167. The van der Waals surface area contributed by atoms with Gasteiger partial charge in [-0.15, -0.1) is 0 Å². The second-order valence-electron chi connectivity index (χ2n) is 5.46. The van der Waals surface area contributed by atoms with E-state index in [0.29, 0.717) is 11.5 Å². The number of alkyl halides is 2. The monoisotopic (exact) mass is 393 g/mol. The summed E-state index contributed by atoms with van der Waals surface area (Å²) in [6.45, 7) is -3.12. The second-order valence-corrected chi connectivity index (χ2v) is 5.46. The first-order valence-corrected chi connectivity index (χ1v) is 7.82. The van der Waals surface area contributed by atoms with Gasteiger partial charge >= 0.3 is 6.61 Å². The molecule has 28 heavy (non-hydrogen) atoms. The smallest absolute Gasteiger partial charge is 0.387 e. The fourth-order valence-electron chi connectivity index (χ4n) is 2.52. The first-order valence-electron chi connectivity index (χ1n) is 7.82. The van der Waals surface area contributed by atoms with E-state index in [1.807, 2.05) is 0 Å². The first kappa shape index (κ1) is 19.1. The maximum atomic E-state index is 12.5. The van der Waals surface area contributed by atoms with Crippen LogP contribution in [0.2, 0.25) is 0 Å². The molecule has 0 saturated heterocycles. The first-order chi connectivity index (χ1) is 13.4. The number of methoxy groups -OCH3 is 1. The molecule has 1 heterocycles. The molecular weight excluding hydrogens is 380 g/mol. The number of carbonyl (C=O) groups excluding carboxylic acids is 1. The summed E-state index contributed by atoms with van der Waals surface area (Å²) in [5.41, 5.74) is -0.253. The third kappa shape index (κ3) is 4.00. The highest BCUT2D eigenvalue weighted by Crippen LogP contribution is 2.36. The number of nitro groups is 1. The summed E-state index contributed by atoms with van der Waals surface area (Å²) in [4.78, 5) is 22.9. The van der Waals surface area contributed by atoms with Gasteiger partial charge in [-0.05, 0) is 36.4 Å². The number of ketones is 1. The lowest BCUT2D eigenvalue weighted by Crippen LogP contribution is -2.05. The summed E-state index contributed by atoms with van der Waals surface area (Å²) in [5.74, 6) is -0.139. The summed E-state index contributed by atoms with van der Waals surface area (Å²) < 4.78 is 44.5. The van der Waals surface area contributed by atoms with Crippen molar-refractivity contribution in [3.8, 4) is 23.0 Å². The maximum absolute atomic E-state index is 12.5. The van der Waals surface area contributed by atoms with E-state index in [1.165, 1.54) is 25.3 Å². The minimum atomic E-state index is -3.18. The molecule has 0 unspecified atom stereocenters. The lowest BCUT2D eigenvalue weighted by Gasteiger charge is -2.10. The van der Waals surface area contributed by atoms with Crippen molar-refractivity contribution in [3.63, 3.8) is 0 Å². The number of allylic oxidation sites excluding steroid dienone is 1. The molecule has 0 bridgehead atoms. The van der Waals surface area contributed by atoms with Crippen LogP contribution in [0.5, 0.6) is 23.0 Å². The largest absolute Gasteiger partial charge is 0.493 e. The molecule has 1 aliphatic heterocycles. The lowest BCUT2D eigenvalue weighted by molar-refractivity contribution is -0.385. The van der Waals surface area contributed by atoms with Crippen LogP contribution in [0.1, 0.15) is 15.9 Å². The predicted molar refractivity (Wildman–Crippen MR) is 92.2 cm³/mol. The molecule has 8 nitrogen and oxygen atoms in total. The molecule has 146 valence electrons. The molecule has 2 aromatic carbocycles. The number of fused-ring (bicyclic) bond motifs is 1. The highest BCUT2D eigenvalue weighted by Gasteiger charge is 2.21. The van der Waals surface area contributed by atoms with Crippen LogP contribution in [0.4, 0.5) is 14.5 Å². The van der Waals surface area contributed by atoms with Gasteiger partial charge in [0.1, 0.15) is 0 Å². The number of hydrogen-bond donors (Lipinski definition) is 0. The fourth-order valence-corrected chi connectivity index (χ4v) is 2.52. The minimum Gasteiger partial charge on any atom is -0.493 e. The van der Waals surface area contributed by atoms with E-state index in [4.69, 9.17) is 14.2 Å². The normalized spacial score (nSPS) is 12.4. The quantitative estimate of drug-likeness (QED) is 0.305. The average Bonchev–Trinajstić information content (AvgIpc) is 3.13. The van der Waals surface area contributed by atoms with Gasteiger partial charge in [-0.25, -0.2) is 0 Å². The number of ether oxygens (including phenoxy) is 4. The number of halogens is 2. The number of nitrogens with zero attached hydrogens (tertiary/aromatic N) is 1. The summed E-state index contributed by atoms with van der Waals surface area (Å²) >= 11 is 0. The van der Waals surface area contributed by atoms with Gasteiger partial charge in [-0.1, -0.05) is 0 Å². The zero-order valence-electron chi connectivity index (χ0n) is 14.4. The Labute approximate surface area is 157 Å². The average molecular weight is 393 g/mol. The molecule has 10 heteroatoms. The van der Waals surface area contributed by atoms with Crippen LogP contribution in [0, 0.1) is 10.1 Å². The van der Waals surface area contributed by atoms with E-state index in [0.717, 1.165) is 18.2 Å². The Balaban J connectivity index is 1.91. The number of rotatable bonds is 7. The summed E-state index contributed by atoms with van der Waals surface area (Å²) in [6.07, 6.45) is 2.31. The van der Waals surface area contributed by atoms with Gasteiger partial charge in [-0.3, -0.25) is 14.9 Å². The van der Waals surface area contributed by atoms with E-state index in [9.17, 15) is 23.7 Å². The summed E-state index contributed by atoms with van der Waals surface area (Å²) in [5, 5.41) is 11.3.